The van der Waals surface area contributed by atoms with Crippen molar-refractivity contribution in [2.45, 2.75) is 18.5 Å². The first-order valence-corrected chi connectivity index (χ1v) is 15.1. The highest BCUT2D eigenvalue weighted by Gasteiger charge is 2.34. The molecule has 4 amide bonds. The Labute approximate surface area is 287 Å². The van der Waals surface area contributed by atoms with Gasteiger partial charge in [0, 0.05) is 18.7 Å². The van der Waals surface area contributed by atoms with Gasteiger partial charge in [0.25, 0.3) is 23.6 Å². The van der Waals surface area contributed by atoms with Crippen LogP contribution in [0.25, 0.3) is 0 Å². The van der Waals surface area contributed by atoms with E-state index in [9.17, 15) is 39.0 Å². The molecule has 4 N–H and O–H groups in total. The number of esters is 2. The summed E-state index contributed by atoms with van der Waals surface area (Å²) in [5, 5.41) is 24.8. The summed E-state index contributed by atoms with van der Waals surface area (Å²) in [6.07, 6.45) is 2.13. The topological polar surface area (TPSA) is 263 Å². The molecule has 4 aromatic rings. The summed E-state index contributed by atoms with van der Waals surface area (Å²) in [5.41, 5.74) is -0.580. The van der Waals surface area contributed by atoms with Gasteiger partial charge in [-0.15, -0.1) is 0 Å². The number of benzene rings is 1. The second-order valence-electron chi connectivity index (χ2n) is 10.6. The molecule has 0 spiro atoms. The Morgan fingerprint density at radius 2 is 1.24 bits per heavy atom. The Hall–Kier alpha value is -6.47. The van der Waals surface area contributed by atoms with Gasteiger partial charge in [0.2, 0.25) is 11.8 Å². The van der Waals surface area contributed by atoms with Crippen LogP contribution in [0.3, 0.4) is 0 Å². The van der Waals surface area contributed by atoms with Crippen LogP contribution in [0.1, 0.15) is 93.0 Å². The Balaban J connectivity index is 1.34. The van der Waals surface area contributed by atoms with Gasteiger partial charge in [-0.25, -0.2) is 24.5 Å². The Kier molecular flexibility index (Phi) is 11.1. The number of rotatable bonds is 15. The lowest BCUT2D eigenvalue weighted by molar-refractivity contribution is 0.0585. The van der Waals surface area contributed by atoms with Gasteiger partial charge in [0.05, 0.1) is 45.2 Å². The Morgan fingerprint density at radius 1 is 0.765 bits per heavy atom. The first-order valence-electron chi connectivity index (χ1n) is 15.1. The number of amides is 4. The van der Waals surface area contributed by atoms with Crippen LogP contribution < -0.4 is 15.4 Å². The molecule has 0 aliphatic carbocycles. The molecule has 3 aromatic heterocycles. The molecule has 2 unspecified atom stereocenters. The summed E-state index contributed by atoms with van der Waals surface area (Å²) < 4.78 is 25.4. The number of aliphatic hydroxyl groups is 2. The van der Waals surface area contributed by atoms with E-state index in [2.05, 4.69) is 35.1 Å². The SMILES string of the molecule is COC(=O)c1coc(C(CO)NC(=O)c2cc(OCCCN3C(=O)c4ccccc4C3=O)cc(C(=O)NC(CO)c3nc(C(=O)OC)co3)n2)n1. The smallest absolute Gasteiger partial charge is 0.360 e. The molecule has 0 radical (unpaired) electrons. The Bertz CT molecular complexity index is 1840. The number of carbonyl (C=O) groups is 6. The monoisotopic (exact) mass is 706 g/mol. The molecule has 0 saturated heterocycles. The number of nitrogens with zero attached hydrogens (tertiary/aromatic N) is 4. The molecule has 2 atom stereocenters. The van der Waals surface area contributed by atoms with Crippen LogP contribution in [-0.2, 0) is 9.47 Å². The standard InChI is InChI=1S/C32H30N6O13/c1-47-31(45)23-14-50-27(36-23)21(12-39)34-25(41)19-10-16(49-9-5-8-38-29(43)17-6-3-4-7-18(17)30(38)44)11-20(33-19)26(42)35-22(13-40)28-37-24(15-51-28)32(46)48-2/h3-4,6-7,10-11,14-15,21-22,39-40H,5,8-9,12-13H2,1-2H3,(H,34,41)(H,35,42). The van der Waals surface area contributed by atoms with E-state index in [1.54, 1.807) is 24.3 Å². The highest BCUT2D eigenvalue weighted by Crippen LogP contribution is 2.23. The minimum absolute atomic E-state index is 0.0158. The maximum Gasteiger partial charge on any atom is 0.360 e. The number of aromatic nitrogens is 3. The third-order valence-corrected chi connectivity index (χ3v) is 7.34. The number of oxazole rings is 2. The molecule has 5 rings (SSSR count). The predicted octanol–water partition coefficient (Wildman–Crippen LogP) is 0.623. The molecule has 19 nitrogen and oxygen atoms in total. The van der Waals surface area contributed by atoms with Gasteiger partial charge in [-0.2, -0.15) is 0 Å². The molecule has 1 aliphatic heterocycles. The summed E-state index contributed by atoms with van der Waals surface area (Å²) >= 11 is 0. The number of nitrogens with one attached hydrogen (secondary N) is 2. The average Bonchev–Trinajstić information content (AvgIpc) is 3.90. The van der Waals surface area contributed by atoms with Crippen molar-refractivity contribution in [1.82, 2.24) is 30.5 Å². The first kappa shape index (κ1) is 35.8. The van der Waals surface area contributed by atoms with Crippen molar-refractivity contribution in [3.63, 3.8) is 0 Å². The predicted molar refractivity (Wildman–Crippen MR) is 166 cm³/mol. The van der Waals surface area contributed by atoms with Crippen molar-refractivity contribution in [3.05, 3.63) is 94.6 Å². The maximum atomic E-state index is 13.4. The van der Waals surface area contributed by atoms with Crippen molar-refractivity contribution >= 4 is 35.6 Å². The van der Waals surface area contributed by atoms with Gasteiger partial charge in [-0.05, 0) is 18.6 Å². The van der Waals surface area contributed by atoms with Crippen molar-refractivity contribution in [3.8, 4) is 5.75 Å². The Morgan fingerprint density at radius 3 is 1.67 bits per heavy atom. The summed E-state index contributed by atoms with van der Waals surface area (Å²) in [6.45, 7) is -1.48. The number of fused-ring (bicyclic) bond motifs is 1. The molecule has 19 heteroatoms. The van der Waals surface area contributed by atoms with Crippen LogP contribution >= 0.6 is 0 Å². The zero-order valence-electron chi connectivity index (χ0n) is 27.0. The molecule has 266 valence electrons. The second-order valence-corrected chi connectivity index (χ2v) is 10.6. The van der Waals surface area contributed by atoms with Crippen LogP contribution in [0, 0.1) is 0 Å². The maximum absolute atomic E-state index is 13.4. The van der Waals surface area contributed by atoms with E-state index in [1.807, 2.05) is 0 Å². The van der Waals surface area contributed by atoms with Gasteiger partial charge >= 0.3 is 11.9 Å². The van der Waals surface area contributed by atoms with Crippen molar-refractivity contribution in [2.24, 2.45) is 0 Å². The largest absolute Gasteiger partial charge is 0.493 e. The number of methoxy groups -OCH3 is 2. The van der Waals surface area contributed by atoms with Gasteiger partial charge in [-0.3, -0.25) is 24.1 Å². The molecule has 0 bridgehead atoms. The van der Waals surface area contributed by atoms with Crippen molar-refractivity contribution in [2.75, 3.05) is 40.6 Å². The van der Waals surface area contributed by atoms with Crippen molar-refractivity contribution in [1.29, 1.82) is 0 Å². The molecule has 1 aromatic carbocycles. The van der Waals surface area contributed by atoms with Crippen LogP contribution in [-0.4, -0.2) is 106 Å². The highest BCUT2D eigenvalue weighted by molar-refractivity contribution is 6.21. The number of pyridine rings is 1. The van der Waals surface area contributed by atoms with E-state index < -0.39 is 60.9 Å². The van der Waals surface area contributed by atoms with Gasteiger partial charge < -0.3 is 43.9 Å². The normalized spacial score (nSPS) is 13.3. The number of carbonyl (C=O) groups excluding carboxylic acids is 6. The molecule has 0 saturated carbocycles. The van der Waals surface area contributed by atoms with E-state index in [4.69, 9.17) is 13.6 Å². The molecular weight excluding hydrogens is 676 g/mol. The quantitative estimate of drug-likeness (QED) is 0.0750. The van der Waals surface area contributed by atoms with E-state index in [-0.39, 0.29) is 59.9 Å². The van der Waals surface area contributed by atoms with Crippen LogP contribution in [0.2, 0.25) is 0 Å². The lowest BCUT2D eigenvalue weighted by Gasteiger charge is -2.16. The second kappa shape index (κ2) is 15.8. The van der Waals surface area contributed by atoms with E-state index in [1.165, 1.54) is 12.1 Å². The van der Waals surface area contributed by atoms with E-state index >= 15 is 0 Å². The third-order valence-electron chi connectivity index (χ3n) is 7.34. The molecule has 51 heavy (non-hydrogen) atoms. The highest BCUT2D eigenvalue weighted by atomic mass is 16.5. The van der Waals surface area contributed by atoms with Gasteiger partial charge in [0.1, 0.15) is 41.7 Å². The number of aliphatic hydroxyl groups excluding tert-OH is 2. The average molecular weight is 707 g/mol. The summed E-state index contributed by atoms with van der Waals surface area (Å²) in [4.78, 5) is 88.7. The number of hydrogen-bond donors (Lipinski definition) is 4. The lowest BCUT2D eigenvalue weighted by Crippen LogP contribution is -2.34. The van der Waals surface area contributed by atoms with Crippen LogP contribution in [0.5, 0.6) is 5.75 Å². The molecule has 4 heterocycles. The van der Waals surface area contributed by atoms with E-state index in [0.717, 1.165) is 31.6 Å². The zero-order valence-corrected chi connectivity index (χ0v) is 27.0. The molecule has 0 fully saturated rings. The summed E-state index contributed by atoms with van der Waals surface area (Å²) in [5.74, 6) is -4.85. The fourth-order valence-corrected chi connectivity index (χ4v) is 4.80. The fourth-order valence-electron chi connectivity index (χ4n) is 4.80. The number of ether oxygens (including phenoxy) is 3. The third kappa shape index (κ3) is 7.89. The van der Waals surface area contributed by atoms with Gasteiger partial charge in [-0.1, -0.05) is 12.1 Å². The lowest BCUT2D eigenvalue weighted by atomic mass is 10.1. The summed E-state index contributed by atoms with van der Waals surface area (Å²) in [6, 6.07) is 6.30. The zero-order chi connectivity index (χ0) is 36.7. The van der Waals surface area contributed by atoms with E-state index in [0.29, 0.717) is 11.1 Å². The van der Waals surface area contributed by atoms with Crippen molar-refractivity contribution < 1.29 is 62.0 Å². The minimum atomic E-state index is -1.26. The minimum Gasteiger partial charge on any atom is -0.493 e. The van der Waals surface area contributed by atoms with Gasteiger partial charge in [0.15, 0.2) is 11.4 Å². The molecule has 1 aliphatic rings. The first-order chi connectivity index (χ1) is 24.6. The molecular formula is C32H30N6O13. The number of hydrogen-bond acceptors (Lipinski definition) is 16. The summed E-state index contributed by atoms with van der Waals surface area (Å²) in [7, 11) is 2.27. The fraction of sp³-hybridized carbons (Fsp3) is 0.281. The van der Waals surface area contributed by atoms with Crippen LogP contribution in [0.4, 0.5) is 0 Å². The number of imide groups is 1. The van der Waals surface area contributed by atoms with Crippen LogP contribution in [0.15, 0.2) is 57.8 Å².